The quantitative estimate of drug-likeness (QED) is 0.671. The Bertz CT molecular complexity index is 697. The van der Waals surface area contributed by atoms with E-state index in [0.717, 1.165) is 57.0 Å². The number of fused-ring (bicyclic) bond motifs is 1. The number of aromatic nitrogens is 3. The molecule has 3 amide bonds. The maximum atomic E-state index is 12.5. The third-order valence-corrected chi connectivity index (χ3v) is 6.20. The molecule has 3 N–H and O–H groups in total. The van der Waals surface area contributed by atoms with Gasteiger partial charge in [0.2, 0.25) is 5.91 Å². The first-order valence-electron chi connectivity index (χ1n) is 10.7. The number of rotatable bonds is 4. The van der Waals surface area contributed by atoms with E-state index in [2.05, 4.69) is 30.7 Å². The average Bonchev–Trinajstić information content (AvgIpc) is 3.17. The lowest BCUT2D eigenvalue weighted by Gasteiger charge is -2.32. The molecular formula is C19H32ClN7O2. The highest BCUT2D eigenvalue weighted by atomic mass is 35.5. The van der Waals surface area contributed by atoms with Gasteiger partial charge in [0, 0.05) is 38.1 Å². The predicted molar refractivity (Wildman–Crippen MR) is 111 cm³/mol. The first-order chi connectivity index (χ1) is 13.7. The second-order valence-electron chi connectivity index (χ2n) is 8.12. The number of carbonyl (C=O) groups excluding carboxylic acids is 2. The van der Waals surface area contributed by atoms with Crippen LogP contribution in [0.15, 0.2) is 0 Å². The Kier molecular flexibility index (Phi) is 7.71. The molecule has 1 aromatic rings. The number of hydrogen-bond donors (Lipinski definition) is 3. The van der Waals surface area contributed by atoms with Crippen LogP contribution in [0.3, 0.4) is 0 Å². The molecule has 3 heterocycles. The molecule has 1 saturated heterocycles. The molecule has 0 radical (unpaired) electrons. The summed E-state index contributed by atoms with van der Waals surface area (Å²) in [5.74, 6) is 2.41. The highest BCUT2D eigenvalue weighted by molar-refractivity contribution is 5.85. The van der Waals surface area contributed by atoms with Gasteiger partial charge in [0.25, 0.3) is 0 Å². The smallest absolute Gasteiger partial charge is 0.315 e. The molecule has 0 atom stereocenters. The minimum absolute atomic E-state index is 0. The summed E-state index contributed by atoms with van der Waals surface area (Å²) in [7, 11) is 0. The molecule has 1 aliphatic carbocycles. The largest absolute Gasteiger partial charge is 0.341 e. The number of amides is 3. The Hall–Kier alpha value is -1.87. The van der Waals surface area contributed by atoms with Crippen LogP contribution in [0.1, 0.15) is 62.5 Å². The first kappa shape index (κ1) is 21.8. The fraction of sp³-hybridized carbons (Fsp3) is 0.789. The minimum Gasteiger partial charge on any atom is -0.341 e. The summed E-state index contributed by atoms with van der Waals surface area (Å²) in [5, 5.41) is 17.7. The second kappa shape index (κ2) is 10.2. The van der Waals surface area contributed by atoms with Gasteiger partial charge in [-0.2, -0.15) is 0 Å². The maximum Gasteiger partial charge on any atom is 0.315 e. The third kappa shape index (κ3) is 5.39. The normalized spacial score (nSPS) is 20.5. The van der Waals surface area contributed by atoms with E-state index in [1.54, 1.807) is 0 Å². The Morgan fingerprint density at radius 1 is 1.03 bits per heavy atom. The van der Waals surface area contributed by atoms with E-state index >= 15 is 0 Å². The third-order valence-electron chi connectivity index (χ3n) is 6.20. The van der Waals surface area contributed by atoms with Gasteiger partial charge in [-0.05, 0) is 25.7 Å². The zero-order chi connectivity index (χ0) is 19.3. The van der Waals surface area contributed by atoms with Crippen LogP contribution in [0, 0.1) is 0 Å². The summed E-state index contributed by atoms with van der Waals surface area (Å²) >= 11 is 0. The Morgan fingerprint density at radius 2 is 1.79 bits per heavy atom. The number of piperidine rings is 1. The summed E-state index contributed by atoms with van der Waals surface area (Å²) in [6.45, 7) is 4.11. The lowest BCUT2D eigenvalue weighted by atomic mass is 9.95. The van der Waals surface area contributed by atoms with Crippen LogP contribution in [0.2, 0.25) is 0 Å². The summed E-state index contributed by atoms with van der Waals surface area (Å²) in [5.41, 5.74) is 0. The zero-order valence-corrected chi connectivity index (χ0v) is 17.7. The minimum atomic E-state index is -0.223. The van der Waals surface area contributed by atoms with Crippen molar-refractivity contribution < 1.29 is 9.59 Å². The summed E-state index contributed by atoms with van der Waals surface area (Å²) in [4.78, 5) is 26.3. The van der Waals surface area contributed by atoms with E-state index < -0.39 is 0 Å². The molecule has 2 fully saturated rings. The summed E-state index contributed by atoms with van der Waals surface area (Å²) in [6.07, 6.45) is 7.46. The van der Waals surface area contributed by atoms with Gasteiger partial charge in [0.05, 0.1) is 13.1 Å². The van der Waals surface area contributed by atoms with Crippen molar-refractivity contribution in [3.05, 3.63) is 11.6 Å². The van der Waals surface area contributed by atoms with E-state index in [-0.39, 0.29) is 36.9 Å². The number of urea groups is 1. The molecule has 0 aromatic carbocycles. The van der Waals surface area contributed by atoms with E-state index in [1.165, 1.54) is 19.3 Å². The number of likely N-dealkylation sites (tertiary alicyclic amines) is 1. The van der Waals surface area contributed by atoms with Crippen molar-refractivity contribution in [1.29, 1.82) is 0 Å². The van der Waals surface area contributed by atoms with Crippen molar-refractivity contribution in [2.75, 3.05) is 26.2 Å². The molecule has 0 bridgehead atoms. The van der Waals surface area contributed by atoms with Gasteiger partial charge >= 0.3 is 6.03 Å². The average molecular weight is 426 g/mol. The van der Waals surface area contributed by atoms with Crippen LogP contribution in [0.5, 0.6) is 0 Å². The molecule has 10 heteroatoms. The predicted octanol–water partition coefficient (Wildman–Crippen LogP) is 1.14. The van der Waals surface area contributed by atoms with E-state index in [4.69, 9.17) is 0 Å². The number of nitrogens with zero attached hydrogens (tertiary/aromatic N) is 4. The van der Waals surface area contributed by atoms with Gasteiger partial charge in [0.1, 0.15) is 11.6 Å². The molecule has 2 aliphatic heterocycles. The lowest BCUT2D eigenvalue weighted by molar-refractivity contribution is -0.131. The van der Waals surface area contributed by atoms with E-state index in [1.807, 2.05) is 4.90 Å². The Balaban J connectivity index is 0.00000240. The van der Waals surface area contributed by atoms with Crippen LogP contribution < -0.4 is 16.0 Å². The molecule has 3 aliphatic rings. The van der Waals surface area contributed by atoms with Crippen LogP contribution >= 0.6 is 12.4 Å². The summed E-state index contributed by atoms with van der Waals surface area (Å²) in [6, 6.07) is 0.0303. The fourth-order valence-corrected chi connectivity index (χ4v) is 4.55. The molecule has 1 aromatic heterocycles. The van der Waals surface area contributed by atoms with Gasteiger partial charge in [-0.25, -0.2) is 4.79 Å². The SMILES string of the molecule is Cl.O=C(NCC(=O)N1CCC(c2nnc3n2CCNC3)CC1)NC1CCCCC1. The van der Waals surface area contributed by atoms with Crippen molar-refractivity contribution >= 4 is 24.3 Å². The van der Waals surface area contributed by atoms with Gasteiger partial charge in [0.15, 0.2) is 0 Å². The number of hydrogen-bond acceptors (Lipinski definition) is 5. The maximum absolute atomic E-state index is 12.5. The van der Waals surface area contributed by atoms with Gasteiger partial charge in [-0.15, -0.1) is 22.6 Å². The van der Waals surface area contributed by atoms with Crippen LogP contribution in [-0.4, -0.2) is 63.8 Å². The molecule has 9 nitrogen and oxygen atoms in total. The first-order valence-corrected chi connectivity index (χ1v) is 10.7. The van der Waals surface area contributed by atoms with Gasteiger partial charge in [-0.3, -0.25) is 4.79 Å². The zero-order valence-electron chi connectivity index (χ0n) is 16.9. The molecule has 162 valence electrons. The fourth-order valence-electron chi connectivity index (χ4n) is 4.55. The van der Waals surface area contributed by atoms with Gasteiger partial charge < -0.3 is 25.4 Å². The monoisotopic (exact) mass is 425 g/mol. The number of carbonyl (C=O) groups is 2. The van der Waals surface area contributed by atoms with Crippen molar-refractivity contribution in [2.24, 2.45) is 0 Å². The van der Waals surface area contributed by atoms with Crippen LogP contribution in [0.4, 0.5) is 4.79 Å². The topological polar surface area (TPSA) is 104 Å². The molecule has 29 heavy (non-hydrogen) atoms. The van der Waals surface area contributed by atoms with E-state index in [9.17, 15) is 9.59 Å². The molecule has 0 spiro atoms. The Labute approximate surface area is 177 Å². The number of nitrogens with one attached hydrogen (secondary N) is 3. The second-order valence-corrected chi connectivity index (χ2v) is 8.12. The highest BCUT2D eigenvalue weighted by Gasteiger charge is 2.28. The summed E-state index contributed by atoms with van der Waals surface area (Å²) < 4.78 is 2.23. The molecule has 1 saturated carbocycles. The molecule has 4 rings (SSSR count). The standard InChI is InChI=1S/C19H31N7O2.ClH/c27-17(13-21-19(28)22-15-4-2-1-3-5-15)25-9-6-14(7-10-25)18-24-23-16-12-20-8-11-26(16)18;/h14-15,20H,1-13H2,(H2,21,22,28);1H. The number of halogens is 1. The van der Waals surface area contributed by atoms with Crippen LogP contribution in [0.25, 0.3) is 0 Å². The van der Waals surface area contributed by atoms with Gasteiger partial charge in [-0.1, -0.05) is 19.3 Å². The van der Waals surface area contributed by atoms with Crippen molar-refractivity contribution in [3.8, 4) is 0 Å². The molecular weight excluding hydrogens is 394 g/mol. The van der Waals surface area contributed by atoms with Crippen molar-refractivity contribution in [1.82, 2.24) is 35.6 Å². The van der Waals surface area contributed by atoms with Crippen LogP contribution in [-0.2, 0) is 17.9 Å². The Morgan fingerprint density at radius 3 is 2.55 bits per heavy atom. The highest BCUT2D eigenvalue weighted by Crippen LogP contribution is 2.27. The van der Waals surface area contributed by atoms with Crippen molar-refractivity contribution in [2.45, 2.75) is 70.0 Å². The van der Waals surface area contributed by atoms with Crippen molar-refractivity contribution in [3.63, 3.8) is 0 Å². The molecule has 0 unspecified atom stereocenters. The van der Waals surface area contributed by atoms with E-state index in [0.29, 0.717) is 19.0 Å². The lowest BCUT2D eigenvalue weighted by Crippen LogP contribution is -2.48.